The maximum atomic E-state index is 10.5. The Bertz CT molecular complexity index is 367. The Morgan fingerprint density at radius 1 is 1.71 bits per heavy atom. The molecule has 0 amide bonds. The van der Waals surface area contributed by atoms with Gasteiger partial charge in [-0.05, 0) is 19.1 Å². The van der Waals surface area contributed by atoms with Crippen molar-refractivity contribution in [2.75, 3.05) is 5.32 Å². The molecule has 0 spiro atoms. The Labute approximate surface area is 81.0 Å². The summed E-state index contributed by atoms with van der Waals surface area (Å²) in [6.07, 6.45) is 1.43. The Kier molecular flexibility index (Phi) is 3.02. The fraction of sp³-hybridized carbons (Fsp3) is 0.222. The topological polar surface area (TPSA) is 86.0 Å². The maximum absolute atomic E-state index is 10.5. The summed E-state index contributed by atoms with van der Waals surface area (Å²) < 4.78 is 0. The highest BCUT2D eigenvalue weighted by Crippen LogP contribution is 2.07. The van der Waals surface area contributed by atoms with E-state index in [1.807, 2.05) is 6.07 Å². The molecule has 0 radical (unpaired) electrons. The van der Waals surface area contributed by atoms with Gasteiger partial charge >= 0.3 is 5.97 Å². The van der Waals surface area contributed by atoms with Crippen LogP contribution in [0.15, 0.2) is 18.3 Å². The van der Waals surface area contributed by atoms with E-state index in [2.05, 4.69) is 10.3 Å². The third-order valence-corrected chi connectivity index (χ3v) is 1.63. The van der Waals surface area contributed by atoms with E-state index < -0.39 is 12.0 Å². The Morgan fingerprint density at radius 2 is 2.43 bits per heavy atom. The maximum Gasteiger partial charge on any atom is 0.325 e. The molecule has 2 N–H and O–H groups in total. The van der Waals surface area contributed by atoms with E-state index >= 15 is 0 Å². The highest BCUT2D eigenvalue weighted by atomic mass is 16.4. The third kappa shape index (κ3) is 2.45. The second kappa shape index (κ2) is 4.23. The summed E-state index contributed by atoms with van der Waals surface area (Å²) in [5.74, 6) is -0.936. The van der Waals surface area contributed by atoms with E-state index in [4.69, 9.17) is 10.4 Å². The number of hydrogen-bond donors (Lipinski definition) is 2. The van der Waals surface area contributed by atoms with Crippen LogP contribution in [-0.4, -0.2) is 22.1 Å². The third-order valence-electron chi connectivity index (χ3n) is 1.63. The molecule has 1 heterocycles. The molecule has 0 aliphatic rings. The van der Waals surface area contributed by atoms with E-state index in [9.17, 15) is 4.79 Å². The molecule has 1 unspecified atom stereocenters. The van der Waals surface area contributed by atoms with E-state index in [0.717, 1.165) is 0 Å². The van der Waals surface area contributed by atoms with Gasteiger partial charge in [-0.3, -0.25) is 4.79 Å². The lowest BCUT2D eigenvalue weighted by Crippen LogP contribution is -2.25. The minimum Gasteiger partial charge on any atom is -0.480 e. The number of anilines is 1. The number of aromatic nitrogens is 1. The van der Waals surface area contributed by atoms with Crippen LogP contribution in [0.4, 0.5) is 5.69 Å². The molecule has 1 atom stereocenters. The quantitative estimate of drug-likeness (QED) is 0.739. The lowest BCUT2D eigenvalue weighted by atomic mass is 10.3. The lowest BCUT2D eigenvalue weighted by molar-refractivity contribution is -0.137. The Morgan fingerprint density at radius 3 is 2.86 bits per heavy atom. The van der Waals surface area contributed by atoms with Gasteiger partial charge in [-0.1, -0.05) is 0 Å². The molecule has 0 saturated carbocycles. The summed E-state index contributed by atoms with van der Waals surface area (Å²) >= 11 is 0. The van der Waals surface area contributed by atoms with Gasteiger partial charge in [-0.25, -0.2) is 4.98 Å². The van der Waals surface area contributed by atoms with Crippen molar-refractivity contribution >= 4 is 11.7 Å². The van der Waals surface area contributed by atoms with Gasteiger partial charge in [-0.2, -0.15) is 5.26 Å². The van der Waals surface area contributed by atoms with Crippen molar-refractivity contribution in [1.82, 2.24) is 4.98 Å². The largest absolute Gasteiger partial charge is 0.480 e. The highest BCUT2D eigenvalue weighted by molar-refractivity contribution is 5.76. The zero-order valence-corrected chi connectivity index (χ0v) is 7.56. The summed E-state index contributed by atoms with van der Waals surface area (Å²) in [6.45, 7) is 1.53. The average Bonchev–Trinajstić information content (AvgIpc) is 2.19. The number of rotatable bonds is 3. The summed E-state index contributed by atoms with van der Waals surface area (Å²) in [4.78, 5) is 14.3. The molecule has 5 heteroatoms. The second-order valence-corrected chi connectivity index (χ2v) is 2.75. The van der Waals surface area contributed by atoms with Crippen molar-refractivity contribution in [1.29, 1.82) is 5.26 Å². The van der Waals surface area contributed by atoms with Crippen molar-refractivity contribution in [2.24, 2.45) is 0 Å². The molecule has 72 valence electrons. The van der Waals surface area contributed by atoms with E-state index in [1.54, 1.807) is 6.07 Å². The molecular weight excluding hydrogens is 182 g/mol. The SMILES string of the molecule is CC(Nc1ccc(C#N)nc1)C(=O)O. The molecule has 0 aliphatic carbocycles. The molecule has 0 bridgehead atoms. The minimum atomic E-state index is -0.936. The smallest absolute Gasteiger partial charge is 0.325 e. The summed E-state index contributed by atoms with van der Waals surface area (Å²) in [5, 5.41) is 19.8. The van der Waals surface area contributed by atoms with Gasteiger partial charge in [0.2, 0.25) is 0 Å². The summed E-state index contributed by atoms with van der Waals surface area (Å²) in [7, 11) is 0. The first-order chi connectivity index (χ1) is 6.63. The first kappa shape index (κ1) is 9.99. The van der Waals surface area contributed by atoms with Crippen LogP contribution in [0.25, 0.3) is 0 Å². The van der Waals surface area contributed by atoms with Crippen LogP contribution in [0, 0.1) is 11.3 Å². The number of nitrogens with zero attached hydrogens (tertiary/aromatic N) is 2. The number of pyridine rings is 1. The zero-order valence-electron chi connectivity index (χ0n) is 7.56. The molecule has 14 heavy (non-hydrogen) atoms. The monoisotopic (exact) mass is 191 g/mol. The van der Waals surface area contributed by atoms with Crippen LogP contribution in [0.1, 0.15) is 12.6 Å². The predicted molar refractivity (Wildman–Crippen MR) is 49.7 cm³/mol. The van der Waals surface area contributed by atoms with Gasteiger partial charge in [0.1, 0.15) is 17.8 Å². The van der Waals surface area contributed by atoms with Crippen LogP contribution in [0.5, 0.6) is 0 Å². The van der Waals surface area contributed by atoms with Gasteiger partial charge in [-0.15, -0.1) is 0 Å². The minimum absolute atomic E-state index is 0.304. The molecule has 1 aromatic rings. The van der Waals surface area contributed by atoms with Crippen molar-refractivity contribution in [3.8, 4) is 6.07 Å². The number of hydrogen-bond acceptors (Lipinski definition) is 4. The highest BCUT2D eigenvalue weighted by Gasteiger charge is 2.09. The molecule has 0 saturated heterocycles. The number of nitrogens with one attached hydrogen (secondary N) is 1. The van der Waals surface area contributed by atoms with Crippen molar-refractivity contribution < 1.29 is 9.90 Å². The van der Waals surface area contributed by atoms with Gasteiger partial charge in [0.05, 0.1) is 11.9 Å². The van der Waals surface area contributed by atoms with Crippen LogP contribution in [-0.2, 0) is 4.79 Å². The number of nitriles is 1. The van der Waals surface area contributed by atoms with Crippen molar-refractivity contribution in [2.45, 2.75) is 13.0 Å². The summed E-state index contributed by atoms with van der Waals surface area (Å²) in [6, 6.07) is 4.34. The van der Waals surface area contributed by atoms with Gasteiger partial charge in [0, 0.05) is 0 Å². The normalized spacial score (nSPS) is 11.4. The Balaban J connectivity index is 2.70. The van der Waals surface area contributed by atoms with E-state index in [-0.39, 0.29) is 0 Å². The fourth-order valence-electron chi connectivity index (χ4n) is 0.857. The predicted octanol–water partition coefficient (Wildman–Crippen LogP) is 0.838. The Hall–Kier alpha value is -2.09. The standard InChI is InChI=1S/C9H9N3O2/c1-6(9(13)14)12-8-3-2-7(4-10)11-5-8/h2-3,5-6,12H,1H3,(H,13,14). The van der Waals surface area contributed by atoms with E-state index in [0.29, 0.717) is 11.4 Å². The number of carbonyl (C=O) groups is 1. The first-order valence-electron chi connectivity index (χ1n) is 3.99. The second-order valence-electron chi connectivity index (χ2n) is 2.75. The number of aliphatic carboxylic acids is 1. The molecule has 0 fully saturated rings. The lowest BCUT2D eigenvalue weighted by Gasteiger charge is -2.09. The van der Waals surface area contributed by atoms with E-state index in [1.165, 1.54) is 19.2 Å². The first-order valence-corrected chi connectivity index (χ1v) is 3.99. The van der Waals surface area contributed by atoms with Crippen molar-refractivity contribution in [3.63, 3.8) is 0 Å². The molecule has 5 nitrogen and oxygen atoms in total. The van der Waals surface area contributed by atoms with Gasteiger partial charge in [0.15, 0.2) is 0 Å². The van der Waals surface area contributed by atoms with Crippen LogP contribution in [0.2, 0.25) is 0 Å². The number of carboxylic acids is 1. The molecular formula is C9H9N3O2. The number of carboxylic acid groups (broad SMARTS) is 1. The van der Waals surface area contributed by atoms with Crippen LogP contribution < -0.4 is 5.32 Å². The average molecular weight is 191 g/mol. The van der Waals surface area contributed by atoms with Gasteiger partial charge in [0.25, 0.3) is 0 Å². The summed E-state index contributed by atoms with van der Waals surface area (Å²) in [5.41, 5.74) is 0.887. The molecule has 0 aliphatic heterocycles. The zero-order chi connectivity index (χ0) is 10.6. The van der Waals surface area contributed by atoms with Crippen LogP contribution >= 0.6 is 0 Å². The van der Waals surface area contributed by atoms with Gasteiger partial charge < -0.3 is 10.4 Å². The van der Waals surface area contributed by atoms with Crippen LogP contribution in [0.3, 0.4) is 0 Å². The molecule has 1 rings (SSSR count). The fourth-order valence-corrected chi connectivity index (χ4v) is 0.857. The van der Waals surface area contributed by atoms with Crippen molar-refractivity contribution in [3.05, 3.63) is 24.0 Å². The molecule has 1 aromatic heterocycles. The molecule has 0 aromatic carbocycles.